The van der Waals surface area contributed by atoms with Crippen LogP contribution in [-0.2, 0) is 0 Å². The maximum Gasteiger partial charge on any atom is 0.266 e. The van der Waals surface area contributed by atoms with Crippen LogP contribution in [0.4, 0.5) is 5.69 Å². The Kier molecular flexibility index (Phi) is 4.49. The van der Waals surface area contributed by atoms with E-state index in [0.717, 1.165) is 32.6 Å². The maximum absolute atomic E-state index is 12.7. The number of amides is 1. The van der Waals surface area contributed by atoms with E-state index in [0.29, 0.717) is 17.4 Å². The highest BCUT2D eigenvalue weighted by atomic mass is 32.1. The smallest absolute Gasteiger partial charge is 0.266 e. The lowest BCUT2D eigenvalue weighted by Crippen LogP contribution is -2.12. The van der Waals surface area contributed by atoms with Crippen molar-refractivity contribution in [2.45, 2.75) is 27.7 Å². The molecule has 0 saturated heterocycles. The molecule has 0 atom stereocenters. The largest absolute Gasteiger partial charge is 0.477 e. The molecule has 1 N–H and O–H groups in total. The second-order valence-electron chi connectivity index (χ2n) is 5.55. The van der Waals surface area contributed by atoms with Crippen LogP contribution >= 0.6 is 11.3 Å². The fourth-order valence-electron chi connectivity index (χ4n) is 2.57. The summed E-state index contributed by atoms with van der Waals surface area (Å²) in [5.74, 6) is 0.397. The quantitative estimate of drug-likeness (QED) is 0.770. The average molecular weight is 341 g/mol. The fraction of sp³-hybridized carbons (Fsp3) is 0.278. The van der Waals surface area contributed by atoms with Gasteiger partial charge >= 0.3 is 0 Å². The van der Waals surface area contributed by atoms with E-state index < -0.39 is 0 Å². The highest BCUT2D eigenvalue weighted by Gasteiger charge is 2.20. The van der Waals surface area contributed by atoms with Gasteiger partial charge in [-0.25, -0.2) is 9.97 Å². The van der Waals surface area contributed by atoms with Crippen LogP contribution in [0.3, 0.4) is 0 Å². The Balaban J connectivity index is 2.00. The first-order chi connectivity index (χ1) is 11.5. The van der Waals surface area contributed by atoms with E-state index in [9.17, 15) is 4.79 Å². The molecule has 0 aliphatic carbocycles. The van der Waals surface area contributed by atoms with Crippen molar-refractivity contribution in [3.05, 3.63) is 46.1 Å². The summed E-state index contributed by atoms with van der Waals surface area (Å²) in [6, 6.07) is 5.88. The number of thiophene rings is 1. The lowest BCUT2D eigenvalue weighted by molar-refractivity contribution is 0.103. The molecule has 24 heavy (non-hydrogen) atoms. The Morgan fingerprint density at radius 1 is 1.21 bits per heavy atom. The van der Waals surface area contributed by atoms with Gasteiger partial charge < -0.3 is 10.1 Å². The van der Waals surface area contributed by atoms with Crippen molar-refractivity contribution in [1.29, 1.82) is 0 Å². The Bertz CT molecular complexity index is 918. The van der Waals surface area contributed by atoms with Crippen molar-refractivity contribution in [3.8, 4) is 5.88 Å². The Hall–Kier alpha value is -2.47. The second kappa shape index (κ2) is 6.57. The molecule has 0 spiro atoms. The summed E-state index contributed by atoms with van der Waals surface area (Å²) in [5.41, 5.74) is 3.89. The molecule has 3 rings (SSSR count). The highest BCUT2D eigenvalue weighted by molar-refractivity contribution is 7.20. The van der Waals surface area contributed by atoms with Gasteiger partial charge in [0.2, 0.25) is 5.88 Å². The summed E-state index contributed by atoms with van der Waals surface area (Å²) < 4.78 is 5.57. The van der Waals surface area contributed by atoms with Crippen LogP contribution in [0.5, 0.6) is 5.88 Å². The van der Waals surface area contributed by atoms with Gasteiger partial charge in [0, 0.05) is 5.69 Å². The van der Waals surface area contributed by atoms with E-state index in [2.05, 4.69) is 15.3 Å². The number of carbonyl (C=O) groups is 1. The van der Waals surface area contributed by atoms with Crippen molar-refractivity contribution in [2.75, 3.05) is 11.9 Å². The number of hydrogen-bond donors (Lipinski definition) is 1. The monoisotopic (exact) mass is 341 g/mol. The van der Waals surface area contributed by atoms with Crippen molar-refractivity contribution < 1.29 is 9.53 Å². The third-order valence-electron chi connectivity index (χ3n) is 4.03. The van der Waals surface area contributed by atoms with Crippen LogP contribution < -0.4 is 10.1 Å². The molecule has 1 aromatic carbocycles. The van der Waals surface area contributed by atoms with Crippen LogP contribution in [0, 0.1) is 20.8 Å². The van der Waals surface area contributed by atoms with Gasteiger partial charge in [-0.2, -0.15) is 0 Å². The molecule has 124 valence electrons. The minimum absolute atomic E-state index is 0.133. The van der Waals surface area contributed by atoms with E-state index in [-0.39, 0.29) is 5.91 Å². The van der Waals surface area contributed by atoms with Crippen molar-refractivity contribution in [1.82, 2.24) is 9.97 Å². The molecular formula is C18H19N3O2S. The Morgan fingerprint density at radius 2 is 2.00 bits per heavy atom. The first-order valence-corrected chi connectivity index (χ1v) is 8.59. The lowest BCUT2D eigenvalue weighted by Gasteiger charge is -2.10. The van der Waals surface area contributed by atoms with Crippen LogP contribution in [-0.4, -0.2) is 22.5 Å². The Labute approximate surface area is 144 Å². The maximum atomic E-state index is 12.7. The SMILES string of the molecule is CCOc1ncnc2sc(C(=O)Nc3cccc(C)c3C)c(C)c12. The number of nitrogens with zero attached hydrogens (tertiary/aromatic N) is 2. The van der Waals surface area contributed by atoms with Gasteiger partial charge in [0.15, 0.2) is 0 Å². The number of fused-ring (bicyclic) bond motifs is 1. The molecule has 0 aliphatic heterocycles. The molecule has 0 aliphatic rings. The normalized spacial score (nSPS) is 10.8. The van der Waals surface area contributed by atoms with Crippen LogP contribution in [0.1, 0.15) is 33.3 Å². The predicted molar refractivity (Wildman–Crippen MR) is 97.2 cm³/mol. The van der Waals surface area contributed by atoms with E-state index in [1.165, 1.54) is 17.7 Å². The molecule has 2 heterocycles. The van der Waals surface area contributed by atoms with Gasteiger partial charge in [-0.1, -0.05) is 12.1 Å². The number of carbonyl (C=O) groups excluding carboxylic acids is 1. The first kappa shape index (κ1) is 16.4. The number of aromatic nitrogens is 2. The Morgan fingerprint density at radius 3 is 2.75 bits per heavy atom. The molecular weight excluding hydrogens is 322 g/mol. The van der Waals surface area contributed by atoms with Gasteiger partial charge in [-0.3, -0.25) is 4.79 Å². The molecule has 3 aromatic rings. The van der Waals surface area contributed by atoms with Gasteiger partial charge in [0.1, 0.15) is 11.2 Å². The van der Waals surface area contributed by atoms with E-state index >= 15 is 0 Å². The third-order valence-corrected chi connectivity index (χ3v) is 5.23. The number of benzene rings is 1. The summed E-state index contributed by atoms with van der Waals surface area (Å²) in [6.45, 7) is 8.36. The topological polar surface area (TPSA) is 64.1 Å². The van der Waals surface area contributed by atoms with Gasteiger partial charge in [-0.05, 0) is 50.5 Å². The zero-order chi connectivity index (χ0) is 17.3. The zero-order valence-electron chi connectivity index (χ0n) is 14.1. The van der Waals surface area contributed by atoms with Crippen molar-refractivity contribution in [3.63, 3.8) is 0 Å². The summed E-state index contributed by atoms with van der Waals surface area (Å²) in [5, 5.41) is 3.82. The number of anilines is 1. The number of aryl methyl sites for hydroxylation is 2. The van der Waals surface area contributed by atoms with Gasteiger partial charge in [0.05, 0.1) is 16.9 Å². The summed E-state index contributed by atoms with van der Waals surface area (Å²) >= 11 is 1.36. The highest BCUT2D eigenvalue weighted by Crippen LogP contribution is 2.35. The van der Waals surface area contributed by atoms with E-state index in [1.807, 2.05) is 45.9 Å². The predicted octanol–water partition coefficient (Wildman–Crippen LogP) is 4.27. The molecule has 0 fully saturated rings. The standard InChI is InChI=1S/C18H19N3O2S/c1-5-23-17-14-12(4)15(24-18(14)20-9-19-17)16(22)21-13-8-6-7-10(2)11(13)3/h6-9H,5H2,1-4H3,(H,21,22). The van der Waals surface area contributed by atoms with Crippen molar-refractivity contribution in [2.24, 2.45) is 0 Å². The summed E-state index contributed by atoms with van der Waals surface area (Å²) in [7, 11) is 0. The molecule has 2 aromatic heterocycles. The van der Waals surface area contributed by atoms with Crippen LogP contribution in [0.2, 0.25) is 0 Å². The number of nitrogens with one attached hydrogen (secondary N) is 1. The minimum atomic E-state index is -0.133. The molecule has 1 amide bonds. The average Bonchev–Trinajstić information content (AvgIpc) is 2.90. The summed E-state index contributed by atoms with van der Waals surface area (Å²) in [6.07, 6.45) is 1.47. The summed E-state index contributed by atoms with van der Waals surface area (Å²) in [4.78, 5) is 22.6. The van der Waals surface area contributed by atoms with Crippen LogP contribution in [0.25, 0.3) is 10.2 Å². The number of ether oxygens (including phenoxy) is 1. The molecule has 5 nitrogen and oxygen atoms in total. The molecule has 0 radical (unpaired) electrons. The molecule has 0 unspecified atom stereocenters. The molecule has 6 heteroatoms. The number of rotatable bonds is 4. The number of hydrogen-bond acceptors (Lipinski definition) is 5. The van der Waals surface area contributed by atoms with Crippen LogP contribution in [0.15, 0.2) is 24.5 Å². The third kappa shape index (κ3) is 2.85. The molecule has 0 bridgehead atoms. The second-order valence-corrected chi connectivity index (χ2v) is 6.55. The van der Waals surface area contributed by atoms with Gasteiger partial charge in [0.25, 0.3) is 5.91 Å². The van der Waals surface area contributed by atoms with Gasteiger partial charge in [-0.15, -0.1) is 11.3 Å². The fourth-order valence-corrected chi connectivity index (χ4v) is 3.60. The molecule has 0 saturated carbocycles. The minimum Gasteiger partial charge on any atom is -0.477 e. The first-order valence-electron chi connectivity index (χ1n) is 7.77. The lowest BCUT2D eigenvalue weighted by atomic mass is 10.1. The zero-order valence-corrected chi connectivity index (χ0v) is 15.0. The van der Waals surface area contributed by atoms with E-state index in [1.54, 1.807) is 0 Å². The van der Waals surface area contributed by atoms with Crippen molar-refractivity contribution >= 4 is 33.1 Å². The van der Waals surface area contributed by atoms with E-state index in [4.69, 9.17) is 4.74 Å².